The third kappa shape index (κ3) is 9.38. The Morgan fingerprint density at radius 3 is 2.35 bits per heavy atom. The molecule has 1 aliphatic heterocycles. The second-order valence-electron chi connectivity index (χ2n) is 9.61. The van der Waals surface area contributed by atoms with Crippen LogP contribution in [-0.2, 0) is 19.1 Å². The van der Waals surface area contributed by atoms with Crippen LogP contribution in [0.4, 0.5) is 4.79 Å². The number of aromatic nitrogens is 2. The predicted octanol–water partition coefficient (Wildman–Crippen LogP) is 2.37. The zero-order valence-electron chi connectivity index (χ0n) is 24.5. The quantitative estimate of drug-likeness (QED) is 0.255. The van der Waals surface area contributed by atoms with Crippen LogP contribution in [-0.4, -0.2) is 107 Å². The monoisotopic (exact) mass is 599 g/mol. The number of carbonyl (C=O) groups excluding carboxylic acids is 4. The molecular formula is C29H37N5O9. The van der Waals surface area contributed by atoms with E-state index in [2.05, 4.69) is 15.3 Å². The molecule has 14 nitrogen and oxygen atoms in total. The Hall–Kier alpha value is -4.75. The number of amides is 3. The normalized spacial score (nSPS) is 13.6. The summed E-state index contributed by atoms with van der Waals surface area (Å²) in [5, 5.41) is 11.8. The molecule has 1 fully saturated rings. The van der Waals surface area contributed by atoms with Crippen LogP contribution in [0.25, 0.3) is 11.4 Å². The minimum Gasteiger partial charge on any atom is -0.479 e. The van der Waals surface area contributed by atoms with Gasteiger partial charge in [0.05, 0.1) is 18.8 Å². The highest BCUT2D eigenvalue weighted by Gasteiger charge is 2.30. The average Bonchev–Trinajstić information content (AvgIpc) is 3.02. The van der Waals surface area contributed by atoms with Gasteiger partial charge < -0.3 is 34.4 Å². The van der Waals surface area contributed by atoms with Gasteiger partial charge in [-0.3, -0.25) is 9.59 Å². The standard InChI is InChI=1S/C29H37N5O9/c1-4-7-15-42-28(39)20-10-8-9-19(16-20)25-30-22(17-23(32-25)43-18-24(35)36)26(37)31-21(5-2)27(38)33-11-13-34(14-12-33)29(40)41-6-3/h8-10,16-17,21H,4-7,11-15,18H2,1-3H3,(H,31,37)(H,35,36). The van der Waals surface area contributed by atoms with Gasteiger partial charge in [-0.05, 0) is 31.9 Å². The van der Waals surface area contributed by atoms with Crippen molar-refractivity contribution in [1.29, 1.82) is 0 Å². The number of nitrogens with zero attached hydrogens (tertiary/aromatic N) is 4. The summed E-state index contributed by atoms with van der Waals surface area (Å²) in [6.07, 6.45) is 1.44. The highest BCUT2D eigenvalue weighted by Crippen LogP contribution is 2.21. The lowest BCUT2D eigenvalue weighted by molar-refractivity contribution is -0.139. The fraction of sp³-hybridized carbons (Fsp3) is 0.483. The molecule has 3 rings (SSSR count). The second kappa shape index (κ2) is 16.0. The Kier molecular flexibility index (Phi) is 12.2. The molecule has 2 N–H and O–H groups in total. The van der Waals surface area contributed by atoms with Crippen LogP contribution in [0.5, 0.6) is 5.88 Å². The van der Waals surface area contributed by atoms with Crippen LogP contribution in [0.15, 0.2) is 30.3 Å². The first kappa shape index (κ1) is 32.8. The number of hydrogen-bond donors (Lipinski definition) is 2. The van der Waals surface area contributed by atoms with E-state index in [1.807, 2.05) is 6.92 Å². The molecule has 2 heterocycles. The summed E-state index contributed by atoms with van der Waals surface area (Å²) in [5.41, 5.74) is 0.446. The average molecular weight is 600 g/mol. The molecule has 1 aromatic heterocycles. The third-order valence-corrected chi connectivity index (χ3v) is 6.50. The van der Waals surface area contributed by atoms with E-state index in [1.165, 1.54) is 17.0 Å². The van der Waals surface area contributed by atoms with E-state index in [0.717, 1.165) is 12.8 Å². The third-order valence-electron chi connectivity index (χ3n) is 6.50. The number of hydrogen-bond acceptors (Lipinski definition) is 10. The molecule has 0 saturated carbocycles. The molecule has 1 aliphatic rings. The van der Waals surface area contributed by atoms with Gasteiger partial charge in [-0.25, -0.2) is 19.4 Å². The van der Waals surface area contributed by atoms with Gasteiger partial charge in [0.2, 0.25) is 11.8 Å². The van der Waals surface area contributed by atoms with E-state index < -0.39 is 36.6 Å². The summed E-state index contributed by atoms with van der Waals surface area (Å²) in [4.78, 5) is 73.8. The highest BCUT2D eigenvalue weighted by atomic mass is 16.6. The van der Waals surface area contributed by atoms with Gasteiger partial charge in [-0.15, -0.1) is 0 Å². The van der Waals surface area contributed by atoms with Crippen LogP contribution >= 0.6 is 0 Å². The number of esters is 1. The van der Waals surface area contributed by atoms with E-state index in [9.17, 15) is 24.0 Å². The largest absolute Gasteiger partial charge is 0.479 e. The maximum Gasteiger partial charge on any atom is 0.409 e. The second-order valence-corrected chi connectivity index (χ2v) is 9.61. The number of ether oxygens (including phenoxy) is 3. The summed E-state index contributed by atoms with van der Waals surface area (Å²) in [7, 11) is 0. The van der Waals surface area contributed by atoms with Crippen molar-refractivity contribution in [3.05, 3.63) is 41.6 Å². The minimum atomic E-state index is -1.25. The molecule has 3 amide bonds. The summed E-state index contributed by atoms with van der Waals surface area (Å²) in [6.45, 7) is 6.44. The Bertz CT molecular complexity index is 1310. The van der Waals surface area contributed by atoms with Gasteiger partial charge in [-0.2, -0.15) is 4.98 Å². The van der Waals surface area contributed by atoms with Crippen molar-refractivity contribution in [2.24, 2.45) is 0 Å². The van der Waals surface area contributed by atoms with E-state index in [-0.39, 0.29) is 61.6 Å². The van der Waals surface area contributed by atoms with Crippen molar-refractivity contribution >= 4 is 29.8 Å². The zero-order chi connectivity index (χ0) is 31.4. The summed E-state index contributed by atoms with van der Waals surface area (Å²) in [5.74, 6) is -2.97. The van der Waals surface area contributed by atoms with E-state index >= 15 is 0 Å². The molecule has 43 heavy (non-hydrogen) atoms. The molecule has 232 valence electrons. The maximum atomic E-state index is 13.3. The number of carboxylic acids is 1. The molecule has 14 heteroatoms. The number of carboxylic acid groups (broad SMARTS) is 1. The van der Waals surface area contributed by atoms with Gasteiger partial charge in [-0.1, -0.05) is 32.4 Å². The molecule has 1 saturated heterocycles. The fourth-order valence-electron chi connectivity index (χ4n) is 4.17. The summed E-state index contributed by atoms with van der Waals surface area (Å²) in [6, 6.07) is 6.59. The topological polar surface area (TPSA) is 178 Å². The van der Waals surface area contributed by atoms with Crippen LogP contribution in [0.1, 0.15) is 60.9 Å². The number of unbranched alkanes of at least 4 members (excludes halogenated alkanes) is 1. The van der Waals surface area contributed by atoms with Gasteiger partial charge in [0.15, 0.2) is 12.4 Å². The first-order valence-electron chi connectivity index (χ1n) is 14.2. The van der Waals surface area contributed by atoms with E-state index in [4.69, 9.17) is 19.3 Å². The van der Waals surface area contributed by atoms with E-state index in [1.54, 1.807) is 36.9 Å². The molecule has 0 radical (unpaired) electrons. The number of carbonyl (C=O) groups is 5. The molecule has 2 aromatic rings. The molecule has 0 bridgehead atoms. The van der Waals surface area contributed by atoms with Gasteiger partial charge in [0, 0.05) is 37.8 Å². The predicted molar refractivity (Wildman–Crippen MR) is 153 cm³/mol. The molecule has 1 atom stereocenters. The Balaban J connectivity index is 1.80. The Morgan fingerprint density at radius 2 is 1.70 bits per heavy atom. The number of piperazine rings is 1. The number of rotatable bonds is 13. The number of benzene rings is 1. The first-order chi connectivity index (χ1) is 20.7. The maximum absolute atomic E-state index is 13.3. The van der Waals surface area contributed by atoms with Crippen LogP contribution in [0, 0.1) is 0 Å². The van der Waals surface area contributed by atoms with Gasteiger partial charge in [0.25, 0.3) is 5.91 Å². The van der Waals surface area contributed by atoms with Crippen LogP contribution < -0.4 is 10.1 Å². The summed E-state index contributed by atoms with van der Waals surface area (Å²) < 4.78 is 15.5. The zero-order valence-corrected chi connectivity index (χ0v) is 24.5. The van der Waals surface area contributed by atoms with Gasteiger partial charge >= 0.3 is 18.0 Å². The highest BCUT2D eigenvalue weighted by molar-refractivity contribution is 5.97. The van der Waals surface area contributed by atoms with Crippen molar-refractivity contribution in [3.8, 4) is 17.3 Å². The van der Waals surface area contributed by atoms with E-state index in [0.29, 0.717) is 18.7 Å². The smallest absolute Gasteiger partial charge is 0.409 e. The molecule has 1 unspecified atom stereocenters. The lowest BCUT2D eigenvalue weighted by Crippen LogP contribution is -2.55. The Labute approximate surface area is 249 Å². The van der Waals surface area contributed by atoms with Gasteiger partial charge in [0.1, 0.15) is 11.7 Å². The van der Waals surface area contributed by atoms with Crippen LogP contribution in [0.3, 0.4) is 0 Å². The van der Waals surface area contributed by atoms with Crippen molar-refractivity contribution in [1.82, 2.24) is 25.1 Å². The van der Waals surface area contributed by atoms with Crippen molar-refractivity contribution in [3.63, 3.8) is 0 Å². The van der Waals surface area contributed by atoms with Crippen molar-refractivity contribution in [2.45, 2.75) is 46.1 Å². The Morgan fingerprint density at radius 1 is 0.977 bits per heavy atom. The van der Waals surface area contributed by atoms with Crippen molar-refractivity contribution < 1.29 is 43.3 Å². The van der Waals surface area contributed by atoms with Crippen molar-refractivity contribution in [2.75, 3.05) is 46.0 Å². The molecule has 0 aliphatic carbocycles. The minimum absolute atomic E-state index is 0.00529. The number of aliphatic carboxylic acids is 1. The SMILES string of the molecule is CCCCOC(=O)c1cccc(-c2nc(OCC(=O)O)cc(C(=O)NC(CC)C(=O)N3CCN(C(=O)OCC)CC3)n2)c1. The number of nitrogens with one attached hydrogen (secondary N) is 1. The first-order valence-corrected chi connectivity index (χ1v) is 14.2. The molecule has 0 spiro atoms. The lowest BCUT2D eigenvalue weighted by atomic mass is 10.1. The molecule has 1 aromatic carbocycles. The van der Waals surface area contributed by atoms with Crippen LogP contribution in [0.2, 0.25) is 0 Å². The lowest BCUT2D eigenvalue weighted by Gasteiger charge is -2.35. The fourth-order valence-corrected chi connectivity index (χ4v) is 4.17. The summed E-state index contributed by atoms with van der Waals surface area (Å²) >= 11 is 0. The molecular weight excluding hydrogens is 562 g/mol.